The van der Waals surface area contributed by atoms with Gasteiger partial charge >= 0.3 is 0 Å². The van der Waals surface area contributed by atoms with Gasteiger partial charge in [-0.05, 0) is 6.07 Å². The zero-order valence-corrected chi connectivity index (χ0v) is 7.61. The molecule has 0 aliphatic rings. The van der Waals surface area contributed by atoms with Crippen molar-refractivity contribution < 1.29 is 8.78 Å². The van der Waals surface area contributed by atoms with Crippen LogP contribution < -0.4 is 0 Å². The van der Waals surface area contributed by atoms with Crippen LogP contribution in [0.4, 0.5) is 8.78 Å². The van der Waals surface area contributed by atoms with Gasteiger partial charge in [0, 0.05) is 29.2 Å². The molecule has 0 saturated carbocycles. The molecule has 4 heteroatoms. The highest BCUT2D eigenvalue weighted by Crippen LogP contribution is 2.22. The summed E-state index contributed by atoms with van der Waals surface area (Å²) >= 11 is 0. The van der Waals surface area contributed by atoms with Crippen LogP contribution in [-0.4, -0.2) is 9.38 Å². The first-order chi connectivity index (χ1) is 7.27. The Bertz CT molecular complexity index is 658. The molecule has 15 heavy (non-hydrogen) atoms. The fraction of sp³-hybridized carbons (Fsp3) is 0. The second-order valence-corrected chi connectivity index (χ2v) is 3.29. The number of halogens is 2. The fourth-order valence-electron chi connectivity index (χ4n) is 1.74. The third-order valence-corrected chi connectivity index (χ3v) is 2.43. The average Bonchev–Trinajstić information content (AvgIpc) is 2.69. The molecule has 0 radical (unpaired) electrons. The van der Waals surface area contributed by atoms with Crippen LogP contribution in [0.1, 0.15) is 0 Å². The molecule has 0 saturated heterocycles. The number of imidazole rings is 1. The molecule has 1 aromatic carbocycles. The van der Waals surface area contributed by atoms with Crippen LogP contribution in [0.3, 0.4) is 0 Å². The first-order valence-electron chi connectivity index (χ1n) is 4.47. The van der Waals surface area contributed by atoms with E-state index in [2.05, 4.69) is 4.98 Å². The summed E-state index contributed by atoms with van der Waals surface area (Å²) < 4.78 is 28.2. The summed E-state index contributed by atoms with van der Waals surface area (Å²) in [6.07, 6.45) is 3.00. The highest BCUT2D eigenvalue weighted by atomic mass is 19.1. The van der Waals surface area contributed by atoms with E-state index in [9.17, 15) is 8.78 Å². The Morgan fingerprint density at radius 3 is 2.87 bits per heavy atom. The van der Waals surface area contributed by atoms with Gasteiger partial charge in [0.1, 0.15) is 11.5 Å². The lowest BCUT2D eigenvalue weighted by Crippen LogP contribution is -1.93. The van der Waals surface area contributed by atoms with Crippen molar-refractivity contribution in [2.24, 2.45) is 0 Å². The Morgan fingerprint density at radius 1 is 1.13 bits per heavy atom. The van der Waals surface area contributed by atoms with Crippen molar-refractivity contribution in [3.05, 3.63) is 48.4 Å². The summed E-state index contributed by atoms with van der Waals surface area (Å²) in [5.74, 6) is -0.947. The van der Waals surface area contributed by atoms with Crippen molar-refractivity contribution in [2.45, 2.75) is 0 Å². The molecule has 0 bridgehead atoms. The fourth-order valence-corrected chi connectivity index (χ4v) is 1.74. The number of benzene rings is 1. The predicted molar refractivity (Wildman–Crippen MR) is 52.6 cm³/mol. The van der Waals surface area contributed by atoms with Gasteiger partial charge in [0.05, 0.1) is 0 Å². The lowest BCUT2D eigenvalue weighted by atomic mass is 10.1. The number of rotatable bonds is 0. The summed E-state index contributed by atoms with van der Waals surface area (Å²) in [6, 6.07) is 5.80. The van der Waals surface area contributed by atoms with Crippen LogP contribution in [0.15, 0.2) is 36.7 Å². The molecule has 0 atom stereocenters. The summed E-state index contributed by atoms with van der Waals surface area (Å²) in [5.41, 5.74) is 0.435. The SMILES string of the molecule is Fc1cccc2c1cc(F)n1ccnc21. The average molecular weight is 204 g/mol. The van der Waals surface area contributed by atoms with Gasteiger partial charge in [-0.15, -0.1) is 0 Å². The Labute approximate surface area is 83.8 Å². The van der Waals surface area contributed by atoms with E-state index < -0.39 is 11.8 Å². The number of pyridine rings is 1. The van der Waals surface area contributed by atoms with E-state index in [1.807, 2.05) is 0 Å². The van der Waals surface area contributed by atoms with E-state index in [1.54, 1.807) is 12.1 Å². The Hall–Kier alpha value is -1.97. The number of hydrogen-bond donors (Lipinski definition) is 0. The van der Waals surface area contributed by atoms with Crippen LogP contribution in [0, 0.1) is 11.8 Å². The van der Waals surface area contributed by atoms with E-state index >= 15 is 0 Å². The van der Waals surface area contributed by atoms with Gasteiger partial charge in [0.2, 0.25) is 0 Å². The molecule has 2 aromatic heterocycles. The summed E-state index contributed by atoms with van der Waals surface area (Å²) in [7, 11) is 0. The maximum atomic E-state index is 13.5. The minimum Gasteiger partial charge on any atom is -0.276 e. The lowest BCUT2D eigenvalue weighted by molar-refractivity contribution is 0.568. The molecule has 74 valence electrons. The monoisotopic (exact) mass is 204 g/mol. The van der Waals surface area contributed by atoms with Crippen LogP contribution in [-0.2, 0) is 0 Å². The standard InChI is InChI=1S/C11H6F2N2/c12-9-3-1-2-7-8(9)6-10(13)15-5-4-14-11(7)15/h1-6H. The Balaban J connectivity index is 2.66. The minimum atomic E-state index is -0.514. The van der Waals surface area contributed by atoms with Gasteiger partial charge in [-0.1, -0.05) is 12.1 Å². The molecular weight excluding hydrogens is 198 g/mol. The predicted octanol–water partition coefficient (Wildman–Crippen LogP) is 2.77. The molecule has 2 heterocycles. The van der Waals surface area contributed by atoms with Crippen molar-refractivity contribution >= 4 is 16.4 Å². The topological polar surface area (TPSA) is 17.3 Å². The van der Waals surface area contributed by atoms with Crippen molar-refractivity contribution in [3.63, 3.8) is 0 Å². The molecular formula is C11H6F2N2. The van der Waals surface area contributed by atoms with Gasteiger partial charge in [-0.25, -0.2) is 9.37 Å². The molecule has 3 rings (SSSR count). The molecule has 0 N–H and O–H groups in total. The first-order valence-corrected chi connectivity index (χ1v) is 4.47. The van der Waals surface area contributed by atoms with E-state index in [4.69, 9.17) is 0 Å². The van der Waals surface area contributed by atoms with Crippen LogP contribution in [0.2, 0.25) is 0 Å². The Kier molecular flexibility index (Phi) is 1.54. The van der Waals surface area contributed by atoms with Gasteiger partial charge < -0.3 is 0 Å². The second-order valence-electron chi connectivity index (χ2n) is 3.29. The lowest BCUT2D eigenvalue weighted by Gasteiger charge is -2.02. The van der Waals surface area contributed by atoms with Gasteiger partial charge in [0.25, 0.3) is 0 Å². The van der Waals surface area contributed by atoms with Crippen molar-refractivity contribution in [1.82, 2.24) is 9.38 Å². The summed E-state index contributed by atoms with van der Waals surface area (Å²) in [6.45, 7) is 0. The zero-order valence-electron chi connectivity index (χ0n) is 7.61. The largest absolute Gasteiger partial charge is 0.276 e. The number of nitrogens with zero attached hydrogens (tertiary/aromatic N) is 2. The third-order valence-electron chi connectivity index (χ3n) is 2.43. The summed E-state index contributed by atoms with van der Waals surface area (Å²) in [5, 5.41) is 0.870. The first kappa shape index (κ1) is 8.35. The molecule has 0 amide bonds. The van der Waals surface area contributed by atoms with Gasteiger partial charge in [-0.2, -0.15) is 4.39 Å². The van der Waals surface area contributed by atoms with Crippen LogP contribution in [0.25, 0.3) is 16.4 Å². The molecule has 0 spiro atoms. The maximum Gasteiger partial charge on any atom is 0.200 e. The smallest absolute Gasteiger partial charge is 0.200 e. The van der Waals surface area contributed by atoms with E-state index in [1.165, 1.54) is 28.9 Å². The van der Waals surface area contributed by atoms with Crippen molar-refractivity contribution in [2.75, 3.05) is 0 Å². The van der Waals surface area contributed by atoms with Gasteiger partial charge in [0.15, 0.2) is 5.95 Å². The molecule has 2 nitrogen and oxygen atoms in total. The summed E-state index contributed by atoms with van der Waals surface area (Å²) in [4.78, 5) is 4.01. The van der Waals surface area contributed by atoms with E-state index in [0.717, 1.165) is 0 Å². The van der Waals surface area contributed by atoms with Gasteiger partial charge in [-0.3, -0.25) is 4.40 Å². The number of hydrogen-bond acceptors (Lipinski definition) is 1. The quantitative estimate of drug-likeness (QED) is 0.514. The van der Waals surface area contributed by atoms with E-state index in [-0.39, 0.29) is 5.39 Å². The number of fused-ring (bicyclic) bond motifs is 3. The maximum absolute atomic E-state index is 13.5. The second kappa shape index (κ2) is 2.76. The minimum absolute atomic E-state index is 0.258. The normalized spacial score (nSPS) is 11.3. The van der Waals surface area contributed by atoms with Crippen molar-refractivity contribution in [3.8, 4) is 0 Å². The zero-order chi connectivity index (χ0) is 10.4. The Morgan fingerprint density at radius 2 is 2.00 bits per heavy atom. The molecule has 0 unspecified atom stereocenters. The van der Waals surface area contributed by atoms with Crippen LogP contribution in [0.5, 0.6) is 0 Å². The molecule has 0 aliphatic heterocycles. The van der Waals surface area contributed by atoms with Crippen molar-refractivity contribution in [1.29, 1.82) is 0 Å². The highest BCUT2D eigenvalue weighted by molar-refractivity contribution is 5.94. The molecule has 0 aliphatic carbocycles. The van der Waals surface area contributed by atoms with E-state index in [0.29, 0.717) is 11.0 Å². The molecule has 3 aromatic rings. The van der Waals surface area contributed by atoms with Crippen LogP contribution >= 0.6 is 0 Å². The molecule has 0 fully saturated rings. The highest BCUT2D eigenvalue weighted by Gasteiger charge is 2.09. The third kappa shape index (κ3) is 1.05. The number of aromatic nitrogens is 2.